The Morgan fingerprint density at radius 1 is 0.970 bits per heavy atom. The number of carbonyl (C=O) groups is 1. The summed E-state index contributed by atoms with van der Waals surface area (Å²) in [4.78, 5) is 17.3. The van der Waals surface area contributed by atoms with Crippen molar-refractivity contribution in [1.82, 2.24) is 9.21 Å². The van der Waals surface area contributed by atoms with E-state index < -0.39 is 10.0 Å². The molecule has 0 saturated carbocycles. The SMILES string of the molecule is C=CCN(CC(=O)N(Cc1ccccc1)Cc1ccc(C)s1)S(=O)(=O)/C=C/c1ccccc1. The normalized spacial score (nSPS) is 11.7. The van der Waals surface area contributed by atoms with Crippen molar-refractivity contribution in [3.05, 3.63) is 112 Å². The molecule has 0 aliphatic heterocycles. The van der Waals surface area contributed by atoms with E-state index in [1.807, 2.05) is 79.7 Å². The number of aryl methyl sites for hydroxylation is 1. The van der Waals surface area contributed by atoms with E-state index in [4.69, 9.17) is 0 Å². The first-order chi connectivity index (χ1) is 15.9. The van der Waals surface area contributed by atoms with Crippen LogP contribution in [-0.4, -0.2) is 36.6 Å². The first-order valence-electron chi connectivity index (χ1n) is 10.6. The summed E-state index contributed by atoms with van der Waals surface area (Å²) in [7, 11) is -3.82. The number of carbonyl (C=O) groups excluding carboxylic acids is 1. The lowest BCUT2D eigenvalue weighted by atomic mass is 10.2. The van der Waals surface area contributed by atoms with Crippen LogP contribution in [0.1, 0.15) is 20.9 Å². The fourth-order valence-corrected chi connectivity index (χ4v) is 5.27. The van der Waals surface area contributed by atoms with Gasteiger partial charge in [-0.25, -0.2) is 8.42 Å². The highest BCUT2D eigenvalue weighted by Gasteiger charge is 2.25. The summed E-state index contributed by atoms with van der Waals surface area (Å²) in [6.07, 6.45) is 3.03. The van der Waals surface area contributed by atoms with Crippen LogP contribution in [0, 0.1) is 6.92 Å². The van der Waals surface area contributed by atoms with Crippen molar-refractivity contribution < 1.29 is 13.2 Å². The van der Waals surface area contributed by atoms with Crippen LogP contribution in [0.15, 0.2) is 90.9 Å². The second kappa shape index (κ2) is 11.7. The minimum atomic E-state index is -3.82. The summed E-state index contributed by atoms with van der Waals surface area (Å²) in [5, 5.41) is 1.14. The second-order valence-corrected chi connectivity index (χ2v) is 10.8. The van der Waals surface area contributed by atoms with Gasteiger partial charge in [0.2, 0.25) is 15.9 Å². The topological polar surface area (TPSA) is 57.7 Å². The lowest BCUT2D eigenvalue weighted by Crippen LogP contribution is -2.41. The van der Waals surface area contributed by atoms with Gasteiger partial charge in [-0.2, -0.15) is 4.31 Å². The Balaban J connectivity index is 1.80. The van der Waals surface area contributed by atoms with E-state index in [9.17, 15) is 13.2 Å². The maximum absolute atomic E-state index is 13.3. The lowest BCUT2D eigenvalue weighted by molar-refractivity contribution is -0.132. The fraction of sp³-hybridized carbons (Fsp3) is 0.192. The Bertz CT molecular complexity index is 1190. The van der Waals surface area contributed by atoms with Crippen molar-refractivity contribution in [1.29, 1.82) is 0 Å². The molecule has 0 N–H and O–H groups in total. The van der Waals surface area contributed by atoms with Crippen LogP contribution in [-0.2, 0) is 27.9 Å². The van der Waals surface area contributed by atoms with Gasteiger partial charge in [0.25, 0.3) is 0 Å². The van der Waals surface area contributed by atoms with Gasteiger partial charge < -0.3 is 4.90 Å². The molecule has 0 unspecified atom stereocenters. The number of benzene rings is 2. The minimum absolute atomic E-state index is 0.0461. The number of thiophene rings is 1. The van der Waals surface area contributed by atoms with Crippen molar-refractivity contribution in [2.75, 3.05) is 13.1 Å². The van der Waals surface area contributed by atoms with Gasteiger partial charge in [-0.05, 0) is 36.3 Å². The van der Waals surface area contributed by atoms with E-state index in [2.05, 4.69) is 6.58 Å². The summed E-state index contributed by atoms with van der Waals surface area (Å²) >= 11 is 1.63. The van der Waals surface area contributed by atoms with Gasteiger partial charge in [0.1, 0.15) is 0 Å². The van der Waals surface area contributed by atoms with Crippen molar-refractivity contribution in [2.24, 2.45) is 0 Å². The van der Waals surface area contributed by atoms with Crippen LogP contribution in [0.25, 0.3) is 6.08 Å². The molecule has 33 heavy (non-hydrogen) atoms. The predicted molar refractivity (Wildman–Crippen MR) is 136 cm³/mol. The molecular weight excluding hydrogens is 452 g/mol. The Labute approximate surface area is 200 Å². The number of amides is 1. The number of hydrogen-bond acceptors (Lipinski definition) is 4. The molecule has 0 fully saturated rings. The molecule has 0 bridgehead atoms. The van der Waals surface area contributed by atoms with E-state index in [0.29, 0.717) is 13.1 Å². The molecule has 7 heteroatoms. The van der Waals surface area contributed by atoms with Gasteiger partial charge in [0.05, 0.1) is 13.1 Å². The molecule has 0 spiro atoms. The van der Waals surface area contributed by atoms with Crippen LogP contribution >= 0.6 is 11.3 Å². The molecule has 1 aromatic heterocycles. The van der Waals surface area contributed by atoms with Crippen molar-refractivity contribution in [3.8, 4) is 0 Å². The van der Waals surface area contributed by atoms with Crippen molar-refractivity contribution in [2.45, 2.75) is 20.0 Å². The second-order valence-electron chi connectivity index (χ2n) is 7.59. The molecule has 1 heterocycles. The van der Waals surface area contributed by atoms with Crippen LogP contribution in [0.3, 0.4) is 0 Å². The van der Waals surface area contributed by atoms with Gasteiger partial charge in [-0.15, -0.1) is 17.9 Å². The summed E-state index contributed by atoms with van der Waals surface area (Å²) in [6, 6.07) is 22.9. The van der Waals surface area contributed by atoms with E-state index in [0.717, 1.165) is 25.7 Å². The van der Waals surface area contributed by atoms with Gasteiger partial charge >= 0.3 is 0 Å². The maximum atomic E-state index is 13.3. The van der Waals surface area contributed by atoms with Crippen molar-refractivity contribution >= 4 is 33.3 Å². The largest absolute Gasteiger partial charge is 0.332 e. The fourth-order valence-electron chi connectivity index (χ4n) is 3.26. The molecule has 1 amide bonds. The number of hydrogen-bond donors (Lipinski definition) is 0. The summed E-state index contributed by atoms with van der Waals surface area (Å²) in [6.45, 7) is 6.30. The first-order valence-corrected chi connectivity index (χ1v) is 12.9. The summed E-state index contributed by atoms with van der Waals surface area (Å²) < 4.78 is 27.1. The zero-order valence-corrected chi connectivity index (χ0v) is 20.3. The van der Waals surface area contributed by atoms with Gasteiger partial charge in [0, 0.05) is 28.3 Å². The van der Waals surface area contributed by atoms with Gasteiger partial charge in [0.15, 0.2) is 0 Å². The van der Waals surface area contributed by atoms with E-state index >= 15 is 0 Å². The molecular formula is C26H28N2O3S2. The van der Waals surface area contributed by atoms with Gasteiger partial charge in [-0.1, -0.05) is 66.7 Å². The Kier molecular flexibility index (Phi) is 8.77. The highest BCUT2D eigenvalue weighted by Crippen LogP contribution is 2.19. The van der Waals surface area contributed by atoms with Crippen LogP contribution in [0.5, 0.6) is 0 Å². The van der Waals surface area contributed by atoms with E-state index in [1.165, 1.54) is 17.0 Å². The number of rotatable bonds is 11. The Morgan fingerprint density at radius 2 is 1.64 bits per heavy atom. The Hall–Kier alpha value is -3.00. The van der Waals surface area contributed by atoms with E-state index in [-0.39, 0.29) is 19.0 Å². The molecule has 3 aromatic rings. The molecule has 0 radical (unpaired) electrons. The Morgan fingerprint density at radius 3 is 2.24 bits per heavy atom. The zero-order chi connectivity index (χ0) is 23.7. The van der Waals surface area contributed by atoms with Crippen LogP contribution in [0.2, 0.25) is 0 Å². The third-order valence-electron chi connectivity index (χ3n) is 4.95. The lowest BCUT2D eigenvalue weighted by Gasteiger charge is -2.26. The molecule has 5 nitrogen and oxygen atoms in total. The summed E-state index contributed by atoms with van der Waals surface area (Å²) in [5.41, 5.74) is 1.76. The number of nitrogens with zero attached hydrogens (tertiary/aromatic N) is 2. The predicted octanol–water partition coefficient (Wildman–Crippen LogP) is 5.07. The van der Waals surface area contributed by atoms with Crippen molar-refractivity contribution in [3.63, 3.8) is 0 Å². The minimum Gasteiger partial charge on any atom is -0.332 e. The highest BCUT2D eigenvalue weighted by molar-refractivity contribution is 7.92. The molecule has 2 aromatic carbocycles. The zero-order valence-electron chi connectivity index (χ0n) is 18.6. The monoisotopic (exact) mass is 480 g/mol. The molecule has 3 rings (SSSR count). The third kappa shape index (κ3) is 7.53. The standard InChI is InChI=1S/C26H28N2O3S2/c1-3-17-28(33(30,31)18-16-23-10-6-4-7-11-23)21-26(29)27(19-24-12-8-5-9-13-24)20-25-15-14-22(2)32-25/h3-16,18H,1,17,19-21H2,2H3/b18-16+. The van der Waals surface area contributed by atoms with E-state index in [1.54, 1.807) is 16.2 Å². The third-order valence-corrected chi connectivity index (χ3v) is 7.41. The van der Waals surface area contributed by atoms with Crippen LogP contribution in [0.4, 0.5) is 0 Å². The first kappa shape index (κ1) is 24.6. The summed E-state index contributed by atoms with van der Waals surface area (Å²) in [5.74, 6) is -0.261. The quantitative estimate of drug-likeness (QED) is 0.360. The molecule has 0 atom stereocenters. The average Bonchev–Trinajstić information content (AvgIpc) is 3.23. The molecule has 172 valence electrons. The molecule has 0 aliphatic carbocycles. The highest BCUT2D eigenvalue weighted by atomic mass is 32.2. The van der Waals surface area contributed by atoms with Gasteiger partial charge in [-0.3, -0.25) is 4.79 Å². The smallest absolute Gasteiger partial charge is 0.238 e. The van der Waals surface area contributed by atoms with Crippen LogP contribution < -0.4 is 0 Å². The molecule has 0 aliphatic rings. The average molecular weight is 481 g/mol. The molecule has 0 saturated heterocycles. The number of sulfonamides is 1. The maximum Gasteiger partial charge on any atom is 0.238 e.